The molecule has 1 aliphatic heterocycles. The average Bonchev–Trinajstić information content (AvgIpc) is 2.82. The van der Waals surface area contributed by atoms with E-state index in [1.807, 2.05) is 37.1 Å². The van der Waals surface area contributed by atoms with Crippen molar-refractivity contribution in [2.75, 3.05) is 13.1 Å². The van der Waals surface area contributed by atoms with Crippen LogP contribution in [0.5, 0.6) is 0 Å². The third-order valence-corrected chi connectivity index (χ3v) is 4.69. The summed E-state index contributed by atoms with van der Waals surface area (Å²) in [4.78, 5) is 25.9. The molecule has 0 spiro atoms. The highest BCUT2D eigenvalue weighted by Gasteiger charge is 2.25. The summed E-state index contributed by atoms with van der Waals surface area (Å²) < 4.78 is 5.96. The summed E-state index contributed by atoms with van der Waals surface area (Å²) in [5, 5.41) is 4.79. The fourth-order valence-electron chi connectivity index (χ4n) is 2.47. The number of carbonyl (C=O) groups excluding carboxylic acids is 2. The molecule has 0 aliphatic carbocycles. The van der Waals surface area contributed by atoms with E-state index in [4.69, 9.17) is 16.3 Å². The molecule has 2 rings (SSSR count). The molecule has 1 aromatic rings. The molecule has 2 heterocycles. The summed E-state index contributed by atoms with van der Waals surface area (Å²) in [5.74, 6) is 0.107. The minimum atomic E-state index is -0.497. The van der Waals surface area contributed by atoms with Crippen LogP contribution in [-0.4, -0.2) is 41.6 Å². The monoisotopic (exact) mass is 358 g/mol. The molecule has 0 saturated carbocycles. The van der Waals surface area contributed by atoms with Crippen molar-refractivity contribution in [2.24, 2.45) is 0 Å². The Labute approximate surface area is 145 Å². The van der Waals surface area contributed by atoms with Gasteiger partial charge in [0.05, 0.1) is 10.8 Å². The lowest BCUT2D eigenvalue weighted by atomic mass is 10.0. The number of thiophene rings is 1. The molecule has 1 aromatic heterocycles. The minimum Gasteiger partial charge on any atom is -0.444 e. The minimum absolute atomic E-state index is 0.0597. The topological polar surface area (TPSA) is 58.6 Å². The van der Waals surface area contributed by atoms with Crippen LogP contribution in [0.2, 0.25) is 4.34 Å². The molecule has 0 aromatic carbocycles. The van der Waals surface area contributed by atoms with Gasteiger partial charge in [-0.3, -0.25) is 4.79 Å². The number of hydrogen-bond acceptors (Lipinski definition) is 4. The molecule has 5 nitrogen and oxygen atoms in total. The number of amides is 2. The first-order chi connectivity index (χ1) is 10.7. The van der Waals surface area contributed by atoms with E-state index in [0.717, 1.165) is 18.4 Å². The van der Waals surface area contributed by atoms with Gasteiger partial charge in [0.2, 0.25) is 5.91 Å². The number of ether oxygens (including phenoxy) is 1. The number of likely N-dealkylation sites (tertiary alicyclic amines) is 1. The second-order valence-corrected chi connectivity index (χ2v) is 8.28. The predicted octanol–water partition coefficient (Wildman–Crippen LogP) is 3.46. The van der Waals surface area contributed by atoms with Gasteiger partial charge in [0.25, 0.3) is 0 Å². The lowest BCUT2D eigenvalue weighted by Crippen LogP contribution is -2.47. The molecule has 2 amide bonds. The maximum Gasteiger partial charge on any atom is 0.407 e. The summed E-state index contributed by atoms with van der Waals surface area (Å²) >= 11 is 7.32. The van der Waals surface area contributed by atoms with Crippen LogP contribution >= 0.6 is 22.9 Å². The predicted molar refractivity (Wildman–Crippen MR) is 92.0 cm³/mol. The first-order valence-electron chi connectivity index (χ1n) is 7.73. The maximum atomic E-state index is 12.3. The molecule has 1 N–H and O–H groups in total. The van der Waals surface area contributed by atoms with Gasteiger partial charge in [0.1, 0.15) is 5.60 Å². The molecule has 1 fully saturated rings. The third-order valence-electron chi connectivity index (χ3n) is 3.55. The maximum absolute atomic E-state index is 12.3. The molecule has 0 radical (unpaired) electrons. The number of nitrogens with zero attached hydrogens (tertiary/aromatic N) is 1. The lowest BCUT2D eigenvalue weighted by molar-refractivity contribution is -0.131. The van der Waals surface area contributed by atoms with Crippen LogP contribution in [0.25, 0.3) is 0 Å². The Balaban J connectivity index is 1.75. The van der Waals surface area contributed by atoms with Crippen molar-refractivity contribution in [1.82, 2.24) is 10.2 Å². The van der Waals surface area contributed by atoms with E-state index < -0.39 is 11.7 Å². The van der Waals surface area contributed by atoms with Gasteiger partial charge in [0.15, 0.2) is 0 Å². The highest BCUT2D eigenvalue weighted by Crippen LogP contribution is 2.21. The Morgan fingerprint density at radius 2 is 2.04 bits per heavy atom. The normalized spacial score (nSPS) is 16.3. The van der Waals surface area contributed by atoms with Crippen molar-refractivity contribution in [3.8, 4) is 0 Å². The van der Waals surface area contributed by atoms with Crippen LogP contribution in [0.1, 0.15) is 39.2 Å². The zero-order chi connectivity index (χ0) is 17.0. The number of carbonyl (C=O) groups is 2. The summed E-state index contributed by atoms with van der Waals surface area (Å²) in [5.41, 5.74) is 0.460. The molecular weight excluding hydrogens is 336 g/mol. The first-order valence-corrected chi connectivity index (χ1v) is 8.99. The van der Waals surface area contributed by atoms with Gasteiger partial charge < -0.3 is 15.0 Å². The van der Waals surface area contributed by atoms with Crippen molar-refractivity contribution >= 4 is 34.9 Å². The third kappa shape index (κ3) is 6.03. The van der Waals surface area contributed by atoms with Gasteiger partial charge in [-0.05, 0) is 50.6 Å². The quantitative estimate of drug-likeness (QED) is 0.900. The zero-order valence-corrected chi connectivity index (χ0v) is 15.3. The van der Waals surface area contributed by atoms with Crippen LogP contribution in [0.15, 0.2) is 11.4 Å². The zero-order valence-electron chi connectivity index (χ0n) is 13.7. The van der Waals surface area contributed by atoms with E-state index >= 15 is 0 Å². The molecule has 0 atom stereocenters. The Bertz CT molecular complexity index is 560. The van der Waals surface area contributed by atoms with Gasteiger partial charge in [0, 0.05) is 19.1 Å². The molecule has 7 heteroatoms. The van der Waals surface area contributed by atoms with Gasteiger partial charge in [-0.25, -0.2) is 4.79 Å². The highest BCUT2D eigenvalue weighted by atomic mass is 35.5. The van der Waals surface area contributed by atoms with Crippen LogP contribution in [0.3, 0.4) is 0 Å². The number of alkyl carbamates (subject to hydrolysis) is 1. The van der Waals surface area contributed by atoms with Crippen molar-refractivity contribution in [3.63, 3.8) is 0 Å². The summed E-state index contributed by atoms with van der Waals surface area (Å²) in [7, 11) is 0. The number of nitrogens with one attached hydrogen (secondary N) is 1. The molecule has 1 aliphatic rings. The Morgan fingerprint density at radius 3 is 2.57 bits per heavy atom. The molecule has 0 unspecified atom stereocenters. The van der Waals surface area contributed by atoms with Gasteiger partial charge in [-0.2, -0.15) is 0 Å². The van der Waals surface area contributed by atoms with Crippen molar-refractivity contribution in [3.05, 3.63) is 21.3 Å². The largest absolute Gasteiger partial charge is 0.444 e. The lowest BCUT2D eigenvalue weighted by Gasteiger charge is -2.33. The van der Waals surface area contributed by atoms with Gasteiger partial charge >= 0.3 is 6.09 Å². The summed E-state index contributed by atoms with van der Waals surface area (Å²) in [6, 6.07) is 1.89. The molecule has 23 heavy (non-hydrogen) atoms. The number of piperidine rings is 1. The average molecular weight is 359 g/mol. The second kappa shape index (κ2) is 7.53. The Kier molecular flexibility index (Phi) is 5.92. The number of rotatable bonds is 3. The van der Waals surface area contributed by atoms with E-state index in [1.165, 1.54) is 11.3 Å². The van der Waals surface area contributed by atoms with E-state index in [2.05, 4.69) is 5.32 Å². The number of halogens is 1. The van der Waals surface area contributed by atoms with Gasteiger partial charge in [-0.1, -0.05) is 11.6 Å². The SMILES string of the molecule is CC(C)(C)OC(=O)NC1CCN(C(=O)Cc2csc(Cl)c2)CC1. The van der Waals surface area contributed by atoms with Crippen LogP contribution in [0, 0.1) is 0 Å². The van der Waals surface area contributed by atoms with Crippen LogP contribution in [0.4, 0.5) is 4.79 Å². The van der Waals surface area contributed by atoms with Crippen molar-refractivity contribution < 1.29 is 14.3 Å². The highest BCUT2D eigenvalue weighted by molar-refractivity contribution is 7.14. The Hall–Kier alpha value is -1.27. The summed E-state index contributed by atoms with van der Waals surface area (Å²) in [6.45, 7) is 6.81. The molecule has 0 bridgehead atoms. The standard InChI is InChI=1S/C16H23ClN2O3S/c1-16(2,3)22-15(21)18-12-4-6-19(7-5-12)14(20)9-11-8-13(17)23-10-11/h8,10,12H,4-7,9H2,1-3H3,(H,18,21). The van der Waals surface area contributed by atoms with Gasteiger partial charge in [-0.15, -0.1) is 11.3 Å². The van der Waals surface area contributed by atoms with Crippen LogP contribution < -0.4 is 5.32 Å². The molecule has 1 saturated heterocycles. The Morgan fingerprint density at radius 1 is 1.39 bits per heavy atom. The van der Waals surface area contributed by atoms with E-state index in [-0.39, 0.29) is 11.9 Å². The van der Waals surface area contributed by atoms with Crippen molar-refractivity contribution in [2.45, 2.75) is 51.7 Å². The van der Waals surface area contributed by atoms with Crippen molar-refractivity contribution in [1.29, 1.82) is 0 Å². The van der Waals surface area contributed by atoms with E-state index in [0.29, 0.717) is 23.8 Å². The fraction of sp³-hybridized carbons (Fsp3) is 0.625. The van der Waals surface area contributed by atoms with E-state index in [1.54, 1.807) is 0 Å². The smallest absolute Gasteiger partial charge is 0.407 e. The summed E-state index contributed by atoms with van der Waals surface area (Å²) in [6.07, 6.45) is 1.48. The molecule has 128 valence electrons. The number of hydrogen-bond donors (Lipinski definition) is 1. The fourth-order valence-corrected chi connectivity index (χ4v) is 3.38. The molecular formula is C16H23ClN2O3S. The first kappa shape index (κ1) is 18.1. The van der Waals surface area contributed by atoms with Crippen LogP contribution in [-0.2, 0) is 16.0 Å². The second-order valence-electron chi connectivity index (χ2n) is 6.74. The van der Waals surface area contributed by atoms with E-state index in [9.17, 15) is 9.59 Å².